The number of hydrogen-bond acceptors (Lipinski definition) is 9. The number of anilines is 2. The van der Waals surface area contributed by atoms with Crippen molar-refractivity contribution in [2.45, 2.75) is 19.4 Å². The maximum Gasteiger partial charge on any atom is 0.319 e. The van der Waals surface area contributed by atoms with Gasteiger partial charge in [-0.1, -0.05) is 29.5 Å². The van der Waals surface area contributed by atoms with Crippen LogP contribution in [-0.2, 0) is 4.79 Å². The number of rotatable bonds is 6. The fourth-order valence-corrected chi connectivity index (χ4v) is 5.83. The topological polar surface area (TPSA) is 121 Å². The minimum Gasteiger partial charge on any atom is -0.464 e. The molecular weight excluding hydrogens is 548 g/mol. The maximum atomic E-state index is 16.3. The molecule has 1 aliphatic heterocycles. The molecule has 3 heterocycles. The summed E-state index contributed by atoms with van der Waals surface area (Å²) >= 11 is 7.62. The van der Waals surface area contributed by atoms with Crippen molar-refractivity contribution < 1.29 is 18.3 Å². The number of nitriles is 1. The van der Waals surface area contributed by atoms with Crippen LogP contribution in [0.4, 0.5) is 19.7 Å². The first-order valence-electron chi connectivity index (χ1n) is 12.0. The molecule has 1 unspecified atom stereocenters. The molecule has 0 saturated carbocycles. The van der Waals surface area contributed by atoms with E-state index in [1.165, 1.54) is 18.2 Å². The van der Waals surface area contributed by atoms with Crippen LogP contribution in [0.1, 0.15) is 13.3 Å². The first-order chi connectivity index (χ1) is 18.8. The summed E-state index contributed by atoms with van der Waals surface area (Å²) in [6.45, 7) is 6.46. The molecule has 39 heavy (non-hydrogen) atoms. The lowest BCUT2D eigenvalue weighted by Crippen LogP contribution is -2.55. The highest BCUT2D eigenvalue weighted by Crippen LogP contribution is 2.42. The molecule has 4 aromatic rings. The van der Waals surface area contributed by atoms with Gasteiger partial charge >= 0.3 is 6.01 Å². The minimum atomic E-state index is -0.754. The second-order valence-electron chi connectivity index (χ2n) is 8.73. The maximum absolute atomic E-state index is 16.3. The number of nitrogens with two attached hydrogens (primary N) is 1. The zero-order valence-corrected chi connectivity index (χ0v) is 22.3. The molecule has 13 heteroatoms. The number of ether oxygens (including phenoxy) is 1. The largest absolute Gasteiger partial charge is 0.464 e. The van der Waals surface area contributed by atoms with Crippen LogP contribution in [0.3, 0.4) is 0 Å². The third-order valence-electron chi connectivity index (χ3n) is 6.46. The smallest absolute Gasteiger partial charge is 0.319 e. The van der Waals surface area contributed by atoms with E-state index in [-0.39, 0.29) is 68.5 Å². The first-order valence-corrected chi connectivity index (χ1v) is 13.2. The summed E-state index contributed by atoms with van der Waals surface area (Å²) in [6, 6.07) is 5.80. The van der Waals surface area contributed by atoms with E-state index in [4.69, 9.17) is 22.1 Å². The van der Waals surface area contributed by atoms with E-state index >= 15 is 4.39 Å². The van der Waals surface area contributed by atoms with Crippen LogP contribution in [-0.4, -0.2) is 58.0 Å². The highest BCUT2D eigenvalue weighted by Gasteiger charge is 2.32. The van der Waals surface area contributed by atoms with Crippen LogP contribution in [0, 0.1) is 23.0 Å². The lowest BCUT2D eigenvalue weighted by atomic mass is 10.0. The second kappa shape index (κ2) is 10.6. The Morgan fingerprint density at radius 3 is 2.85 bits per heavy atom. The van der Waals surface area contributed by atoms with Crippen LogP contribution in [0.15, 0.2) is 30.9 Å². The molecule has 5 rings (SSSR count). The van der Waals surface area contributed by atoms with Crippen molar-refractivity contribution in [3.63, 3.8) is 0 Å². The summed E-state index contributed by atoms with van der Waals surface area (Å²) in [5.41, 5.74) is 6.23. The van der Waals surface area contributed by atoms with Gasteiger partial charge in [0.15, 0.2) is 10.9 Å². The Hall–Kier alpha value is -4.08. The number of amides is 1. The predicted molar refractivity (Wildman–Crippen MR) is 147 cm³/mol. The molecule has 0 radical (unpaired) electrons. The number of fused-ring (bicyclic) bond motifs is 2. The van der Waals surface area contributed by atoms with E-state index in [0.717, 1.165) is 11.3 Å². The Morgan fingerprint density at radius 1 is 1.33 bits per heavy atom. The monoisotopic (exact) mass is 569 g/mol. The van der Waals surface area contributed by atoms with Gasteiger partial charge in [0.2, 0.25) is 5.91 Å². The van der Waals surface area contributed by atoms with Crippen LogP contribution in [0.25, 0.3) is 32.2 Å². The first kappa shape index (κ1) is 26.5. The lowest BCUT2D eigenvalue weighted by molar-refractivity contribution is -0.128. The molecule has 1 amide bonds. The summed E-state index contributed by atoms with van der Waals surface area (Å²) in [4.78, 5) is 28.9. The number of carbonyl (C=O) groups excluding carboxylic acids is 1. The fraction of sp³-hybridized carbons (Fsp3) is 0.269. The number of nitrogens with zero attached hydrogens (tertiary/aromatic N) is 6. The minimum absolute atomic E-state index is 0.00433. The van der Waals surface area contributed by atoms with Gasteiger partial charge in [-0.25, -0.2) is 13.8 Å². The average Bonchev–Trinajstić information content (AvgIpc) is 3.32. The van der Waals surface area contributed by atoms with Crippen molar-refractivity contribution in [2.75, 3.05) is 36.9 Å². The third-order valence-corrected chi connectivity index (χ3v) is 7.66. The molecule has 200 valence electrons. The molecule has 1 atom stereocenters. The molecule has 2 N–H and O–H groups in total. The molecule has 1 fully saturated rings. The number of benzene rings is 2. The van der Waals surface area contributed by atoms with Gasteiger partial charge in [0.1, 0.15) is 17.2 Å². The van der Waals surface area contributed by atoms with E-state index < -0.39 is 17.7 Å². The summed E-state index contributed by atoms with van der Waals surface area (Å²) in [7, 11) is 0. The SMILES string of the molecule is C=CC(=O)N1CCN(c2nc(OCC)nc3c(F)c(-c4ccc(F)c5sc(N)nc45)c(Cl)cc23)CC1CC#N. The Morgan fingerprint density at radius 2 is 2.13 bits per heavy atom. The van der Waals surface area contributed by atoms with Gasteiger partial charge < -0.3 is 20.3 Å². The molecule has 2 aromatic carbocycles. The Labute approximate surface area is 231 Å². The Balaban J connectivity index is 1.68. The third kappa shape index (κ3) is 4.68. The van der Waals surface area contributed by atoms with Crippen molar-refractivity contribution >= 4 is 60.9 Å². The molecule has 2 aromatic heterocycles. The zero-order valence-electron chi connectivity index (χ0n) is 20.7. The summed E-state index contributed by atoms with van der Waals surface area (Å²) in [5.74, 6) is -1.20. The van der Waals surface area contributed by atoms with Crippen molar-refractivity contribution in [1.82, 2.24) is 19.9 Å². The van der Waals surface area contributed by atoms with Gasteiger partial charge in [0.05, 0.1) is 40.4 Å². The van der Waals surface area contributed by atoms with Gasteiger partial charge in [0.25, 0.3) is 0 Å². The van der Waals surface area contributed by atoms with Crippen LogP contribution in [0.2, 0.25) is 5.02 Å². The van der Waals surface area contributed by atoms with Crippen LogP contribution < -0.4 is 15.4 Å². The van der Waals surface area contributed by atoms with E-state index in [1.54, 1.807) is 17.9 Å². The molecule has 0 bridgehead atoms. The summed E-state index contributed by atoms with van der Waals surface area (Å²) < 4.78 is 36.5. The molecule has 9 nitrogen and oxygen atoms in total. The molecule has 1 aliphatic rings. The molecule has 1 saturated heterocycles. The summed E-state index contributed by atoms with van der Waals surface area (Å²) in [6.07, 6.45) is 1.31. The Kier molecular flexibility index (Phi) is 7.20. The van der Waals surface area contributed by atoms with E-state index in [1.807, 2.05) is 4.90 Å². The number of hydrogen-bond donors (Lipinski definition) is 1. The number of piperazine rings is 1. The molecule has 0 spiro atoms. The number of aromatic nitrogens is 3. The predicted octanol–water partition coefficient (Wildman–Crippen LogP) is 4.94. The van der Waals surface area contributed by atoms with Gasteiger partial charge in [-0.2, -0.15) is 15.2 Å². The van der Waals surface area contributed by atoms with Crippen molar-refractivity contribution in [2.24, 2.45) is 0 Å². The van der Waals surface area contributed by atoms with Crippen LogP contribution >= 0.6 is 22.9 Å². The van der Waals surface area contributed by atoms with E-state index in [0.29, 0.717) is 24.3 Å². The normalized spacial score (nSPS) is 15.5. The number of nitrogen functional groups attached to an aromatic ring is 1. The van der Waals surface area contributed by atoms with E-state index in [2.05, 4.69) is 27.6 Å². The highest BCUT2D eigenvalue weighted by atomic mass is 35.5. The van der Waals surface area contributed by atoms with E-state index in [9.17, 15) is 14.4 Å². The fourth-order valence-electron chi connectivity index (χ4n) is 4.77. The van der Waals surface area contributed by atoms with Crippen LogP contribution in [0.5, 0.6) is 6.01 Å². The number of carbonyl (C=O) groups is 1. The Bertz CT molecular complexity index is 1670. The van der Waals surface area contributed by atoms with Gasteiger partial charge in [-0.05, 0) is 31.2 Å². The van der Waals surface area contributed by atoms with Gasteiger partial charge in [-0.3, -0.25) is 4.79 Å². The van der Waals surface area contributed by atoms with Crippen molar-refractivity contribution in [3.05, 3.63) is 47.5 Å². The second-order valence-corrected chi connectivity index (χ2v) is 10.2. The molecule has 0 aliphatic carbocycles. The molecular formula is C26H22ClF2N7O2S. The van der Waals surface area contributed by atoms with Gasteiger partial charge in [0, 0.05) is 36.1 Å². The number of halogens is 3. The average molecular weight is 570 g/mol. The quantitative estimate of drug-likeness (QED) is 0.324. The number of thiazole rings is 1. The zero-order chi connectivity index (χ0) is 27.8. The van der Waals surface area contributed by atoms with Crippen molar-refractivity contribution in [3.8, 4) is 23.2 Å². The van der Waals surface area contributed by atoms with Gasteiger partial charge in [-0.15, -0.1) is 0 Å². The summed E-state index contributed by atoms with van der Waals surface area (Å²) in [5, 5.41) is 9.86. The lowest BCUT2D eigenvalue weighted by Gasteiger charge is -2.41. The highest BCUT2D eigenvalue weighted by molar-refractivity contribution is 7.22. The van der Waals surface area contributed by atoms with Crippen molar-refractivity contribution in [1.29, 1.82) is 5.26 Å². The standard InChI is InChI=1S/C26H22ClF2N7O2S/c1-3-18(37)36-10-9-35(12-13(36)7-8-30)24-15-11-16(27)19(20(29)21(15)33-26(34-24)38-4-2)14-5-6-17(28)23-22(14)32-25(31)39-23/h3,5-6,11,13H,1,4,7,9-10,12H2,2H3,(H2,31,32).